The Bertz CT molecular complexity index is 1200. The first-order valence-corrected chi connectivity index (χ1v) is 10.7. The number of alkyl halides is 2. The summed E-state index contributed by atoms with van der Waals surface area (Å²) in [5, 5.41) is 16.2. The summed E-state index contributed by atoms with van der Waals surface area (Å²) in [6.45, 7) is 0. The molecule has 2 aromatic heterocycles. The van der Waals surface area contributed by atoms with Gasteiger partial charge in [0.15, 0.2) is 0 Å². The molecule has 1 saturated carbocycles. The van der Waals surface area contributed by atoms with E-state index in [1.807, 2.05) is 6.07 Å². The van der Waals surface area contributed by atoms with E-state index in [-0.39, 0.29) is 20.3 Å². The number of imidazole rings is 1. The van der Waals surface area contributed by atoms with Crippen LogP contribution in [0.4, 0.5) is 13.2 Å². The molecular weight excluding hydrogens is 452 g/mol. The van der Waals surface area contributed by atoms with Crippen molar-refractivity contribution in [3.05, 3.63) is 28.8 Å². The van der Waals surface area contributed by atoms with Crippen LogP contribution in [0.1, 0.15) is 23.8 Å². The second kappa shape index (κ2) is 6.13. The molecule has 0 atom stereocenters. The van der Waals surface area contributed by atoms with E-state index in [1.165, 1.54) is 17.0 Å². The number of fused-ring (bicyclic) bond motifs is 1. The van der Waals surface area contributed by atoms with Gasteiger partial charge in [-0.25, -0.2) is 0 Å². The van der Waals surface area contributed by atoms with Gasteiger partial charge >= 0.3 is 156 Å². The second-order valence-electron chi connectivity index (χ2n) is 5.91. The molecule has 0 spiro atoms. The SMILES string of the molecule is N#CC1(NS(=O)(=O)c2cc(F)c3ncn(-c4nnc(C(F)F)[se]4)c3c2)CC1. The van der Waals surface area contributed by atoms with Crippen molar-refractivity contribution in [2.24, 2.45) is 0 Å². The van der Waals surface area contributed by atoms with Crippen LogP contribution in [0.5, 0.6) is 0 Å². The molecule has 140 valence electrons. The summed E-state index contributed by atoms with van der Waals surface area (Å²) in [5.41, 5.74) is -1.23. The maximum atomic E-state index is 14.4. The molecule has 0 unspecified atom stereocenters. The van der Waals surface area contributed by atoms with Crippen molar-refractivity contribution in [2.75, 3.05) is 0 Å². The molecule has 3 aromatic rings. The summed E-state index contributed by atoms with van der Waals surface area (Å²) in [5.74, 6) is -0.894. The molecule has 1 fully saturated rings. The molecule has 1 N–H and O–H groups in total. The Morgan fingerprint density at radius 1 is 1.33 bits per heavy atom. The molecule has 27 heavy (non-hydrogen) atoms. The van der Waals surface area contributed by atoms with Crippen molar-refractivity contribution in [1.29, 1.82) is 5.26 Å². The van der Waals surface area contributed by atoms with Crippen molar-refractivity contribution in [1.82, 2.24) is 24.5 Å². The Kier molecular flexibility index (Phi) is 4.12. The Hall–Kier alpha value is -2.26. The van der Waals surface area contributed by atoms with Crippen molar-refractivity contribution in [3.8, 4) is 10.8 Å². The van der Waals surface area contributed by atoms with Crippen molar-refractivity contribution in [2.45, 2.75) is 29.7 Å². The van der Waals surface area contributed by atoms with Gasteiger partial charge in [-0.05, 0) is 0 Å². The minimum absolute atomic E-state index is 0.0588. The first-order valence-electron chi connectivity index (χ1n) is 7.48. The predicted octanol–water partition coefficient (Wildman–Crippen LogP) is 1.28. The quantitative estimate of drug-likeness (QED) is 0.573. The number of rotatable bonds is 5. The van der Waals surface area contributed by atoms with E-state index >= 15 is 0 Å². The Labute approximate surface area is 156 Å². The van der Waals surface area contributed by atoms with Crippen LogP contribution in [0.3, 0.4) is 0 Å². The maximum absolute atomic E-state index is 14.4. The van der Waals surface area contributed by atoms with Crippen molar-refractivity contribution < 1.29 is 21.6 Å². The van der Waals surface area contributed by atoms with Gasteiger partial charge in [-0.15, -0.1) is 0 Å². The molecule has 1 aromatic carbocycles. The fraction of sp³-hybridized carbons (Fsp3) is 0.286. The van der Waals surface area contributed by atoms with E-state index in [1.54, 1.807) is 0 Å². The molecule has 1 aliphatic rings. The second-order valence-corrected chi connectivity index (χ2v) is 9.66. The topological polar surface area (TPSA) is 114 Å². The minimum atomic E-state index is -4.16. The number of hydrogen-bond donors (Lipinski definition) is 1. The Morgan fingerprint density at radius 2 is 2.07 bits per heavy atom. The molecule has 8 nitrogen and oxygen atoms in total. The third-order valence-corrected chi connectivity index (χ3v) is 7.47. The molecule has 13 heteroatoms. The van der Waals surface area contributed by atoms with Crippen LogP contribution in [-0.4, -0.2) is 48.2 Å². The average Bonchev–Trinajstić information content (AvgIpc) is 3.03. The summed E-state index contributed by atoms with van der Waals surface area (Å²) in [4.78, 5) is 3.48. The van der Waals surface area contributed by atoms with Crippen LogP contribution >= 0.6 is 0 Å². The molecule has 0 aliphatic heterocycles. The van der Waals surface area contributed by atoms with E-state index in [4.69, 9.17) is 5.26 Å². The van der Waals surface area contributed by atoms with Gasteiger partial charge in [0.25, 0.3) is 0 Å². The van der Waals surface area contributed by atoms with Gasteiger partial charge in [-0.2, -0.15) is 0 Å². The number of hydrogen-bond acceptors (Lipinski definition) is 6. The van der Waals surface area contributed by atoms with Crippen LogP contribution in [-0.2, 0) is 10.0 Å². The van der Waals surface area contributed by atoms with Crippen molar-refractivity contribution >= 4 is 35.6 Å². The third kappa shape index (κ3) is 3.14. The summed E-state index contributed by atoms with van der Waals surface area (Å²) in [6, 6.07) is 3.86. The third-order valence-electron chi connectivity index (χ3n) is 4.01. The normalized spacial score (nSPS) is 16.0. The molecule has 4 rings (SSSR count). The number of benzene rings is 1. The summed E-state index contributed by atoms with van der Waals surface area (Å²) < 4.78 is 68.3. The standard InChI is InChI=1S/C14H9F3N6O2SSe/c15-8-3-7(26(24,25)22-14(5-18)1-2-14)4-9-10(8)19-6-23(9)13-21-20-12(27-13)11(16)17/h3-4,6,11,22H,1-2H2. The number of sulfonamides is 1. The number of halogens is 3. The number of nitrogens with one attached hydrogen (secondary N) is 1. The van der Waals surface area contributed by atoms with E-state index < -0.39 is 47.2 Å². The van der Waals surface area contributed by atoms with Gasteiger partial charge in [0, 0.05) is 0 Å². The number of aromatic nitrogens is 4. The van der Waals surface area contributed by atoms with Gasteiger partial charge in [-0.3, -0.25) is 0 Å². The van der Waals surface area contributed by atoms with Crippen LogP contribution in [0.25, 0.3) is 15.7 Å². The number of nitrogens with zero attached hydrogens (tertiary/aromatic N) is 5. The van der Waals surface area contributed by atoms with E-state index in [0.29, 0.717) is 12.8 Å². The zero-order valence-electron chi connectivity index (χ0n) is 13.2. The van der Waals surface area contributed by atoms with E-state index in [0.717, 1.165) is 6.07 Å². The monoisotopic (exact) mass is 462 g/mol. The zero-order chi connectivity index (χ0) is 19.4. The number of nitriles is 1. The van der Waals surface area contributed by atoms with Gasteiger partial charge in [0.05, 0.1) is 0 Å². The summed E-state index contributed by atoms with van der Waals surface area (Å²) in [6.07, 6.45) is -0.824. The molecule has 0 saturated heterocycles. The molecule has 1 aliphatic carbocycles. The van der Waals surface area contributed by atoms with Gasteiger partial charge < -0.3 is 0 Å². The predicted molar refractivity (Wildman–Crippen MR) is 86.4 cm³/mol. The molecule has 2 heterocycles. The van der Waals surface area contributed by atoms with E-state index in [2.05, 4.69) is 19.9 Å². The fourth-order valence-corrected chi connectivity index (χ4v) is 5.29. The van der Waals surface area contributed by atoms with Crippen molar-refractivity contribution in [3.63, 3.8) is 0 Å². The van der Waals surface area contributed by atoms with Crippen LogP contribution < -0.4 is 4.72 Å². The molecule has 0 bridgehead atoms. The Morgan fingerprint density at radius 3 is 2.67 bits per heavy atom. The van der Waals surface area contributed by atoms with Gasteiger partial charge in [-0.1, -0.05) is 0 Å². The zero-order valence-corrected chi connectivity index (χ0v) is 15.8. The van der Waals surface area contributed by atoms with Gasteiger partial charge in [0.1, 0.15) is 0 Å². The van der Waals surface area contributed by atoms with Crippen LogP contribution in [0, 0.1) is 17.1 Å². The van der Waals surface area contributed by atoms with Gasteiger partial charge in [0.2, 0.25) is 0 Å². The summed E-state index contributed by atoms with van der Waals surface area (Å²) >= 11 is -0.899. The van der Waals surface area contributed by atoms with Crippen LogP contribution in [0.15, 0.2) is 23.4 Å². The molecule has 0 radical (unpaired) electrons. The fourth-order valence-electron chi connectivity index (χ4n) is 2.45. The molecule has 0 amide bonds. The first-order chi connectivity index (χ1) is 12.7. The molecular formula is C14H9F3N6O2SSe. The first kappa shape index (κ1) is 18.1. The van der Waals surface area contributed by atoms with Crippen LogP contribution in [0.2, 0.25) is 0 Å². The summed E-state index contributed by atoms with van der Waals surface area (Å²) in [7, 11) is -4.16. The Balaban J connectivity index is 1.81. The van der Waals surface area contributed by atoms with E-state index in [9.17, 15) is 21.6 Å². The average molecular weight is 461 g/mol.